The topological polar surface area (TPSA) is 165 Å². The Hall–Kier alpha value is -1.52. The maximum atomic E-state index is 8.74. The molecule has 0 amide bonds. The predicted molar refractivity (Wildman–Crippen MR) is 47.6 cm³/mol. The molecule has 80 valence electrons. The highest BCUT2D eigenvalue weighted by molar-refractivity contribution is 7.79. The molecule has 1 heterocycles. The van der Waals surface area contributed by atoms with Crippen molar-refractivity contribution in [3.8, 4) is 0 Å². The third-order valence-electron chi connectivity index (χ3n) is 0.782. The molecule has 1 aromatic rings. The van der Waals surface area contributed by atoms with Crippen LogP contribution in [0.1, 0.15) is 5.82 Å². The highest BCUT2D eigenvalue weighted by Crippen LogP contribution is 1.94. The minimum Gasteiger partial charge on any atom is -0.368 e. The Bertz CT molecular complexity index is 346. The van der Waals surface area contributed by atoms with Gasteiger partial charge in [-0.3, -0.25) is 9.11 Å². The lowest BCUT2D eigenvalue weighted by atomic mass is 10.7. The minimum atomic E-state index is -4.67. The van der Waals surface area contributed by atoms with E-state index in [9.17, 15) is 0 Å². The molecule has 0 bridgehead atoms. The SMILES string of the molecule is Cc1nc(N)nc(N)n1.O=S(=O)(O)O. The van der Waals surface area contributed by atoms with Crippen LogP contribution in [-0.4, -0.2) is 32.5 Å². The molecule has 0 radical (unpaired) electrons. The van der Waals surface area contributed by atoms with Crippen LogP contribution in [0.25, 0.3) is 0 Å². The Morgan fingerprint density at radius 2 is 1.36 bits per heavy atom. The first kappa shape index (κ1) is 12.5. The van der Waals surface area contributed by atoms with Gasteiger partial charge in [-0.25, -0.2) is 0 Å². The number of nitrogens with zero attached hydrogens (tertiary/aromatic N) is 3. The van der Waals surface area contributed by atoms with Gasteiger partial charge in [0.25, 0.3) is 0 Å². The molecule has 0 aliphatic rings. The molecular formula is C4H9N5O4S. The Labute approximate surface area is 79.8 Å². The second kappa shape index (κ2) is 4.64. The normalized spacial score (nSPS) is 10.2. The van der Waals surface area contributed by atoms with Gasteiger partial charge in [-0.05, 0) is 6.92 Å². The van der Waals surface area contributed by atoms with E-state index in [1.807, 2.05) is 0 Å². The summed E-state index contributed by atoms with van der Waals surface area (Å²) in [5.74, 6) is 0.875. The highest BCUT2D eigenvalue weighted by Gasteiger charge is 1.93. The van der Waals surface area contributed by atoms with E-state index in [2.05, 4.69) is 15.0 Å². The van der Waals surface area contributed by atoms with Crippen LogP contribution in [0.2, 0.25) is 0 Å². The largest absolute Gasteiger partial charge is 0.394 e. The zero-order valence-corrected chi connectivity index (χ0v) is 7.93. The summed E-state index contributed by atoms with van der Waals surface area (Å²) < 4.78 is 31.6. The molecule has 9 nitrogen and oxygen atoms in total. The van der Waals surface area contributed by atoms with E-state index in [4.69, 9.17) is 29.0 Å². The summed E-state index contributed by atoms with van der Waals surface area (Å²) in [5.41, 5.74) is 10.4. The fourth-order valence-corrected chi connectivity index (χ4v) is 0.524. The molecule has 1 aromatic heterocycles. The van der Waals surface area contributed by atoms with Gasteiger partial charge in [0, 0.05) is 0 Å². The Morgan fingerprint density at radius 1 is 1.07 bits per heavy atom. The molecule has 6 N–H and O–H groups in total. The number of aromatic nitrogens is 3. The first-order valence-corrected chi connectivity index (χ1v) is 4.51. The molecule has 0 saturated carbocycles. The molecule has 10 heteroatoms. The van der Waals surface area contributed by atoms with Crippen molar-refractivity contribution in [3.63, 3.8) is 0 Å². The number of nitrogen functional groups attached to an aromatic ring is 2. The molecule has 0 atom stereocenters. The molecule has 0 fully saturated rings. The predicted octanol–water partition coefficient (Wildman–Crippen LogP) is -1.31. The van der Waals surface area contributed by atoms with Gasteiger partial charge in [0.1, 0.15) is 5.82 Å². The monoisotopic (exact) mass is 223 g/mol. The summed E-state index contributed by atoms with van der Waals surface area (Å²) in [5, 5.41) is 0. The van der Waals surface area contributed by atoms with Gasteiger partial charge in [0.2, 0.25) is 11.9 Å². The van der Waals surface area contributed by atoms with Gasteiger partial charge in [0.05, 0.1) is 0 Å². The van der Waals surface area contributed by atoms with Crippen LogP contribution in [0, 0.1) is 6.92 Å². The van der Waals surface area contributed by atoms with E-state index >= 15 is 0 Å². The summed E-state index contributed by atoms with van der Waals surface area (Å²) in [6.07, 6.45) is 0. The summed E-state index contributed by atoms with van der Waals surface area (Å²) >= 11 is 0. The van der Waals surface area contributed by atoms with E-state index in [1.165, 1.54) is 0 Å². The second-order valence-corrected chi connectivity index (χ2v) is 2.94. The third-order valence-corrected chi connectivity index (χ3v) is 0.782. The van der Waals surface area contributed by atoms with Crippen molar-refractivity contribution in [2.45, 2.75) is 6.92 Å². The number of nitrogens with two attached hydrogens (primary N) is 2. The fraction of sp³-hybridized carbons (Fsp3) is 0.250. The fourth-order valence-electron chi connectivity index (χ4n) is 0.524. The standard InChI is InChI=1S/C4H7N5.H2O4S/c1-2-7-3(5)9-4(6)8-2;1-5(2,3)4/h1H3,(H4,5,6,7,8,9);(H2,1,2,3,4). The Morgan fingerprint density at radius 3 is 1.57 bits per heavy atom. The van der Waals surface area contributed by atoms with E-state index in [1.54, 1.807) is 6.92 Å². The lowest BCUT2D eigenvalue weighted by Gasteiger charge is -1.93. The molecule has 0 saturated heterocycles. The molecule has 1 rings (SSSR count). The van der Waals surface area contributed by atoms with Crippen LogP contribution in [0.5, 0.6) is 0 Å². The number of hydrogen-bond donors (Lipinski definition) is 4. The van der Waals surface area contributed by atoms with Crippen molar-refractivity contribution in [1.29, 1.82) is 0 Å². The van der Waals surface area contributed by atoms with Gasteiger partial charge in [-0.15, -0.1) is 0 Å². The van der Waals surface area contributed by atoms with Crippen LogP contribution in [0.4, 0.5) is 11.9 Å². The van der Waals surface area contributed by atoms with E-state index in [0.717, 1.165) is 0 Å². The number of anilines is 2. The molecule has 0 aliphatic carbocycles. The second-order valence-electron chi connectivity index (χ2n) is 2.05. The zero-order valence-electron chi connectivity index (χ0n) is 7.12. The van der Waals surface area contributed by atoms with Gasteiger partial charge in [0.15, 0.2) is 0 Å². The van der Waals surface area contributed by atoms with Gasteiger partial charge in [-0.1, -0.05) is 0 Å². The molecule has 14 heavy (non-hydrogen) atoms. The molecular weight excluding hydrogens is 214 g/mol. The van der Waals surface area contributed by atoms with E-state index in [0.29, 0.717) is 5.82 Å². The number of rotatable bonds is 0. The Balaban J connectivity index is 0.000000292. The summed E-state index contributed by atoms with van der Waals surface area (Å²) in [6.45, 7) is 1.70. The third kappa shape index (κ3) is 8.58. The molecule has 0 unspecified atom stereocenters. The van der Waals surface area contributed by atoms with Gasteiger partial charge in [-0.2, -0.15) is 23.4 Å². The molecule has 0 aliphatic heterocycles. The smallest absolute Gasteiger partial charge is 0.368 e. The van der Waals surface area contributed by atoms with Crippen molar-refractivity contribution in [1.82, 2.24) is 15.0 Å². The maximum absolute atomic E-state index is 8.74. The zero-order chi connectivity index (χ0) is 11.4. The van der Waals surface area contributed by atoms with Gasteiger partial charge >= 0.3 is 10.4 Å². The van der Waals surface area contributed by atoms with Crippen LogP contribution in [-0.2, 0) is 10.4 Å². The number of hydrogen-bond acceptors (Lipinski definition) is 7. The van der Waals surface area contributed by atoms with Crippen molar-refractivity contribution >= 4 is 22.3 Å². The average Bonchev–Trinajstić information content (AvgIpc) is 1.77. The first-order chi connectivity index (χ1) is 6.18. The van der Waals surface area contributed by atoms with Crippen molar-refractivity contribution in [2.24, 2.45) is 0 Å². The number of aryl methyl sites for hydroxylation is 1. The van der Waals surface area contributed by atoms with E-state index in [-0.39, 0.29) is 11.9 Å². The van der Waals surface area contributed by atoms with Crippen LogP contribution < -0.4 is 11.5 Å². The highest BCUT2D eigenvalue weighted by atomic mass is 32.3. The quantitative estimate of drug-likeness (QED) is 0.390. The van der Waals surface area contributed by atoms with Crippen molar-refractivity contribution in [3.05, 3.63) is 5.82 Å². The van der Waals surface area contributed by atoms with Crippen LogP contribution in [0.3, 0.4) is 0 Å². The van der Waals surface area contributed by atoms with E-state index < -0.39 is 10.4 Å². The lowest BCUT2D eigenvalue weighted by molar-refractivity contribution is 0.381. The molecule has 0 aromatic carbocycles. The summed E-state index contributed by atoms with van der Waals surface area (Å²) in [4.78, 5) is 11.0. The van der Waals surface area contributed by atoms with Crippen LogP contribution in [0.15, 0.2) is 0 Å². The Kier molecular flexibility index (Phi) is 4.14. The maximum Gasteiger partial charge on any atom is 0.394 e. The molecule has 0 spiro atoms. The van der Waals surface area contributed by atoms with Crippen molar-refractivity contribution < 1.29 is 17.5 Å². The van der Waals surface area contributed by atoms with Gasteiger partial charge < -0.3 is 11.5 Å². The average molecular weight is 223 g/mol. The van der Waals surface area contributed by atoms with Crippen LogP contribution >= 0.6 is 0 Å². The lowest BCUT2D eigenvalue weighted by Crippen LogP contribution is -2.03. The minimum absolute atomic E-state index is 0.167. The summed E-state index contributed by atoms with van der Waals surface area (Å²) in [6, 6.07) is 0. The van der Waals surface area contributed by atoms with Crippen molar-refractivity contribution in [2.75, 3.05) is 11.5 Å². The summed E-state index contributed by atoms with van der Waals surface area (Å²) in [7, 11) is -4.67. The first-order valence-electron chi connectivity index (χ1n) is 3.12.